The molecule has 0 radical (unpaired) electrons. The zero-order chi connectivity index (χ0) is 13.1. The van der Waals surface area contributed by atoms with Gasteiger partial charge in [-0.25, -0.2) is 17.9 Å². The smallest absolute Gasteiger partial charge is 0.336 e. The molecule has 6 heteroatoms. The number of carboxylic acids is 1. The van der Waals surface area contributed by atoms with Gasteiger partial charge >= 0.3 is 5.97 Å². The number of rotatable bonds is 5. The first-order valence-corrected chi connectivity index (χ1v) is 6.76. The number of carbonyl (C=O) groups is 1. The Morgan fingerprint density at radius 2 is 2.00 bits per heavy atom. The number of nitrogens with one attached hydrogen (secondary N) is 1. The largest absolute Gasteiger partial charge is 0.478 e. The van der Waals surface area contributed by atoms with Crippen molar-refractivity contribution in [3.63, 3.8) is 0 Å². The minimum Gasteiger partial charge on any atom is -0.478 e. The van der Waals surface area contributed by atoms with E-state index < -0.39 is 16.0 Å². The van der Waals surface area contributed by atoms with Crippen LogP contribution in [-0.2, 0) is 16.4 Å². The number of benzene rings is 1. The Morgan fingerprint density at radius 3 is 2.47 bits per heavy atom. The summed E-state index contributed by atoms with van der Waals surface area (Å²) in [6, 6.07) is 4.15. The van der Waals surface area contributed by atoms with Crippen LogP contribution in [0.15, 0.2) is 23.1 Å². The molecule has 5 nitrogen and oxygen atoms in total. The molecule has 0 spiro atoms. The Bertz CT molecular complexity index is 522. The van der Waals surface area contributed by atoms with Gasteiger partial charge in [-0.05, 0) is 24.1 Å². The van der Waals surface area contributed by atoms with Gasteiger partial charge < -0.3 is 5.11 Å². The van der Waals surface area contributed by atoms with Gasteiger partial charge in [0.15, 0.2) is 0 Å². The minimum absolute atomic E-state index is 0.0195. The molecule has 94 valence electrons. The fraction of sp³-hybridized carbons (Fsp3) is 0.364. The molecule has 0 atom stereocenters. The molecule has 0 unspecified atom stereocenters. The summed E-state index contributed by atoms with van der Waals surface area (Å²) in [5, 5.41) is 9.00. The quantitative estimate of drug-likeness (QED) is 0.831. The standard InChI is InChI=1S/C11H15NO4S/c1-3-8-5-6-9(7-10(8)11(13)14)17(15,16)12-4-2/h5-7,12H,3-4H2,1-2H3,(H,13,14). The lowest BCUT2D eigenvalue weighted by molar-refractivity contribution is 0.0695. The zero-order valence-corrected chi connectivity index (χ0v) is 10.5. The third-order valence-electron chi connectivity index (χ3n) is 2.34. The fourth-order valence-corrected chi connectivity index (χ4v) is 2.57. The Hall–Kier alpha value is -1.40. The van der Waals surface area contributed by atoms with Gasteiger partial charge in [0, 0.05) is 6.54 Å². The molecule has 17 heavy (non-hydrogen) atoms. The van der Waals surface area contributed by atoms with Crippen LogP contribution >= 0.6 is 0 Å². The van der Waals surface area contributed by atoms with E-state index in [9.17, 15) is 13.2 Å². The van der Waals surface area contributed by atoms with Gasteiger partial charge in [0.1, 0.15) is 0 Å². The Balaban J connectivity index is 3.31. The SMILES string of the molecule is CCNS(=O)(=O)c1ccc(CC)c(C(=O)O)c1. The van der Waals surface area contributed by atoms with Gasteiger partial charge in [0.2, 0.25) is 10.0 Å². The number of aromatic carboxylic acids is 1. The Kier molecular flexibility index (Phi) is 4.25. The highest BCUT2D eigenvalue weighted by atomic mass is 32.2. The van der Waals surface area contributed by atoms with E-state index in [4.69, 9.17) is 5.11 Å². The van der Waals surface area contributed by atoms with Crippen LogP contribution in [0.4, 0.5) is 0 Å². The van der Waals surface area contributed by atoms with Gasteiger partial charge in [-0.15, -0.1) is 0 Å². The molecular weight excluding hydrogens is 242 g/mol. The maximum absolute atomic E-state index is 11.7. The second kappa shape index (κ2) is 5.29. The summed E-state index contributed by atoms with van der Waals surface area (Å²) in [6.45, 7) is 3.75. The molecule has 0 saturated heterocycles. The first kappa shape index (κ1) is 13.7. The van der Waals surface area contributed by atoms with Crippen LogP contribution in [0.1, 0.15) is 29.8 Å². The van der Waals surface area contributed by atoms with E-state index in [0.29, 0.717) is 12.0 Å². The molecule has 2 N–H and O–H groups in total. The third-order valence-corrected chi connectivity index (χ3v) is 3.88. The van der Waals surface area contributed by atoms with E-state index in [1.165, 1.54) is 18.2 Å². The molecule has 1 aromatic carbocycles. The molecule has 0 aliphatic rings. The minimum atomic E-state index is -3.60. The monoisotopic (exact) mass is 257 g/mol. The molecular formula is C11H15NO4S. The maximum Gasteiger partial charge on any atom is 0.336 e. The average molecular weight is 257 g/mol. The molecule has 0 amide bonds. The van der Waals surface area contributed by atoms with Gasteiger partial charge in [-0.2, -0.15) is 0 Å². The zero-order valence-electron chi connectivity index (χ0n) is 9.73. The van der Waals surface area contributed by atoms with E-state index in [1.54, 1.807) is 6.92 Å². The van der Waals surface area contributed by atoms with Crippen molar-refractivity contribution >= 4 is 16.0 Å². The molecule has 0 heterocycles. The highest BCUT2D eigenvalue weighted by Crippen LogP contribution is 2.16. The maximum atomic E-state index is 11.7. The lowest BCUT2D eigenvalue weighted by atomic mass is 10.1. The van der Waals surface area contributed by atoms with Gasteiger partial charge in [-0.3, -0.25) is 0 Å². The predicted octanol–water partition coefficient (Wildman–Crippen LogP) is 1.25. The van der Waals surface area contributed by atoms with Crippen LogP contribution in [-0.4, -0.2) is 26.0 Å². The number of carboxylic acid groups (broad SMARTS) is 1. The van der Waals surface area contributed by atoms with Crippen LogP contribution in [0.5, 0.6) is 0 Å². The summed E-state index contributed by atoms with van der Waals surface area (Å²) >= 11 is 0. The normalized spacial score (nSPS) is 11.4. The lowest BCUT2D eigenvalue weighted by Gasteiger charge is -2.08. The fourth-order valence-electron chi connectivity index (χ4n) is 1.50. The predicted molar refractivity (Wildman–Crippen MR) is 63.6 cm³/mol. The average Bonchev–Trinajstić information content (AvgIpc) is 2.28. The van der Waals surface area contributed by atoms with Crippen molar-refractivity contribution in [1.82, 2.24) is 4.72 Å². The van der Waals surface area contributed by atoms with E-state index in [2.05, 4.69) is 4.72 Å². The van der Waals surface area contributed by atoms with Crippen molar-refractivity contribution in [2.45, 2.75) is 25.2 Å². The summed E-state index contributed by atoms with van der Waals surface area (Å²) in [5.74, 6) is -1.12. The number of aryl methyl sites for hydroxylation is 1. The van der Waals surface area contributed by atoms with E-state index >= 15 is 0 Å². The summed E-state index contributed by atoms with van der Waals surface area (Å²) in [6.07, 6.45) is 0.545. The number of hydrogen-bond acceptors (Lipinski definition) is 3. The Morgan fingerprint density at radius 1 is 1.35 bits per heavy atom. The molecule has 0 aliphatic carbocycles. The van der Waals surface area contributed by atoms with Crippen LogP contribution in [0.2, 0.25) is 0 Å². The van der Waals surface area contributed by atoms with Crippen molar-refractivity contribution < 1.29 is 18.3 Å². The molecule has 0 aromatic heterocycles. The third kappa shape index (κ3) is 3.04. The number of hydrogen-bond donors (Lipinski definition) is 2. The highest BCUT2D eigenvalue weighted by molar-refractivity contribution is 7.89. The highest BCUT2D eigenvalue weighted by Gasteiger charge is 2.17. The van der Waals surface area contributed by atoms with Crippen molar-refractivity contribution in [1.29, 1.82) is 0 Å². The summed E-state index contributed by atoms with van der Waals surface area (Å²) < 4.78 is 25.7. The number of sulfonamides is 1. The van der Waals surface area contributed by atoms with E-state index in [0.717, 1.165) is 0 Å². The van der Waals surface area contributed by atoms with Gasteiger partial charge in [-0.1, -0.05) is 19.9 Å². The summed E-state index contributed by atoms with van der Waals surface area (Å²) in [7, 11) is -3.60. The van der Waals surface area contributed by atoms with E-state index in [-0.39, 0.29) is 17.0 Å². The molecule has 0 aliphatic heterocycles. The van der Waals surface area contributed by atoms with Crippen LogP contribution in [0.25, 0.3) is 0 Å². The Labute approximate surface area is 101 Å². The van der Waals surface area contributed by atoms with Gasteiger partial charge in [0.05, 0.1) is 10.5 Å². The summed E-state index contributed by atoms with van der Waals surface area (Å²) in [4.78, 5) is 11.0. The topological polar surface area (TPSA) is 83.5 Å². The lowest BCUT2D eigenvalue weighted by Crippen LogP contribution is -2.23. The van der Waals surface area contributed by atoms with Crippen molar-refractivity contribution in [2.24, 2.45) is 0 Å². The second-order valence-electron chi connectivity index (χ2n) is 3.48. The van der Waals surface area contributed by atoms with Crippen molar-refractivity contribution in [2.75, 3.05) is 6.54 Å². The van der Waals surface area contributed by atoms with Crippen LogP contribution in [0.3, 0.4) is 0 Å². The van der Waals surface area contributed by atoms with E-state index in [1.807, 2.05) is 6.92 Å². The van der Waals surface area contributed by atoms with Crippen molar-refractivity contribution in [3.05, 3.63) is 29.3 Å². The molecule has 0 saturated carbocycles. The first-order valence-electron chi connectivity index (χ1n) is 5.28. The molecule has 1 aromatic rings. The van der Waals surface area contributed by atoms with Crippen LogP contribution in [0, 0.1) is 0 Å². The van der Waals surface area contributed by atoms with Gasteiger partial charge in [0.25, 0.3) is 0 Å². The van der Waals surface area contributed by atoms with Crippen molar-refractivity contribution in [3.8, 4) is 0 Å². The second-order valence-corrected chi connectivity index (χ2v) is 5.25. The molecule has 0 fully saturated rings. The molecule has 0 bridgehead atoms. The first-order chi connectivity index (χ1) is 7.92. The summed E-state index contributed by atoms with van der Waals surface area (Å²) in [5.41, 5.74) is 0.652. The van der Waals surface area contributed by atoms with Crippen LogP contribution < -0.4 is 4.72 Å². The molecule has 1 rings (SSSR count).